The number of rotatable bonds is 11. The van der Waals surface area contributed by atoms with Gasteiger partial charge in [0.15, 0.2) is 29.8 Å². The number of likely N-dealkylation sites (tertiary alicyclic amines) is 1. The first-order valence-corrected chi connectivity index (χ1v) is 19.0. The zero-order chi connectivity index (χ0) is 39.7. The molecular weight excluding hydrogens is 732 g/mol. The Kier molecular flexibility index (Phi) is 9.64. The number of hydrogen-bond donors (Lipinski definition) is 2. The van der Waals surface area contributed by atoms with Crippen molar-refractivity contribution in [3.05, 3.63) is 53.5 Å². The zero-order valence-electron chi connectivity index (χ0n) is 31.6. The quantitative estimate of drug-likeness (QED) is 0.191. The normalized spacial score (nSPS) is 34.2. The van der Waals surface area contributed by atoms with Crippen LogP contribution in [0.3, 0.4) is 0 Å². The number of carbonyl (C=O) groups is 5. The van der Waals surface area contributed by atoms with Crippen LogP contribution >= 0.6 is 0 Å². The van der Waals surface area contributed by atoms with Crippen LogP contribution in [0.5, 0.6) is 11.5 Å². The first-order chi connectivity index (χ1) is 26.7. The standard InChI is InChI=1S/C40H46N2O14/c1-20(43)51-32-33(52-21(2)44)35(53-22(3)45)38(56-34(32)37(47)48)54-27-9-8-25-17-28-40(49)13-11-26(41(4)29(46)10-7-24-12-16-50-19-24)36-39(40,30(25)31(27)55-36)14-15-42(28)18-23-5-6-23/h7-10,12,16,19,23,26,28,32-36,38,49H,5-6,11,13-15,17-18H2,1-4H3,(H,47,48)/b10-7+/t26-,28-,32+,33+,34+,35-,36+,38-,39+,40-/m1/s1. The molecule has 1 aromatic heterocycles. The molecule has 56 heavy (non-hydrogen) atoms. The number of carbonyl (C=O) groups excluding carboxylic acids is 4. The third kappa shape index (κ3) is 6.31. The number of aliphatic hydroxyl groups is 1. The van der Waals surface area contributed by atoms with Crippen molar-refractivity contribution in [2.24, 2.45) is 5.92 Å². The van der Waals surface area contributed by atoms with E-state index in [2.05, 4.69) is 4.90 Å². The van der Waals surface area contributed by atoms with E-state index in [4.69, 9.17) is 32.8 Å². The SMILES string of the molecule is CC(=O)O[C@@H]1[C@@H](OC(C)=O)[C@H](Oc2ccc3c4c2O[C@H]2[C@H](N(C)C(=O)/C=C/c5ccoc5)CC[C@@]5(O)[C@@H](C3)N(CC3CC3)CC[C@]425)O[C@H](C(=O)O)[C@H]1OC(C)=O. The number of carboxylic acids is 1. The van der Waals surface area contributed by atoms with Gasteiger partial charge in [0.25, 0.3) is 0 Å². The second-order valence-corrected chi connectivity index (χ2v) is 15.8. The van der Waals surface area contributed by atoms with Crippen LogP contribution in [-0.2, 0) is 54.8 Å². The Balaban J connectivity index is 1.19. The van der Waals surface area contributed by atoms with Gasteiger partial charge in [-0.1, -0.05) is 6.07 Å². The largest absolute Gasteiger partial charge is 0.483 e. The molecule has 2 bridgehead atoms. The van der Waals surface area contributed by atoms with Gasteiger partial charge in [-0.15, -0.1) is 0 Å². The maximum absolute atomic E-state index is 13.7. The van der Waals surface area contributed by atoms with Gasteiger partial charge in [-0.3, -0.25) is 24.1 Å². The van der Waals surface area contributed by atoms with Gasteiger partial charge in [0.05, 0.1) is 29.6 Å². The summed E-state index contributed by atoms with van der Waals surface area (Å²) in [5.74, 6) is -3.39. The third-order valence-corrected chi connectivity index (χ3v) is 12.4. The van der Waals surface area contributed by atoms with Crippen molar-refractivity contribution >= 4 is 35.9 Å². The van der Waals surface area contributed by atoms with Crippen molar-refractivity contribution < 1.29 is 67.0 Å². The fourth-order valence-electron chi connectivity index (χ4n) is 9.95. The first kappa shape index (κ1) is 38.0. The maximum atomic E-state index is 13.7. The summed E-state index contributed by atoms with van der Waals surface area (Å²) >= 11 is 0. The molecule has 2 aromatic rings. The Morgan fingerprint density at radius 3 is 2.34 bits per heavy atom. The van der Waals surface area contributed by atoms with Gasteiger partial charge >= 0.3 is 23.9 Å². The van der Waals surface area contributed by atoms with Crippen LogP contribution in [0, 0.1) is 5.92 Å². The molecule has 0 radical (unpaired) electrons. The molecular formula is C40H46N2O14. The summed E-state index contributed by atoms with van der Waals surface area (Å²) in [5.41, 5.74) is 0.279. The molecule has 0 unspecified atom stereocenters. The van der Waals surface area contributed by atoms with Crippen LogP contribution in [0.1, 0.15) is 69.6 Å². The van der Waals surface area contributed by atoms with E-state index >= 15 is 0 Å². The van der Waals surface area contributed by atoms with Crippen molar-refractivity contribution in [1.29, 1.82) is 0 Å². The molecule has 2 saturated carbocycles. The number of nitrogens with zero attached hydrogens (tertiary/aromatic N) is 2. The topological polar surface area (TPSA) is 201 Å². The fourth-order valence-corrected chi connectivity index (χ4v) is 9.95. The number of aliphatic carboxylic acids is 1. The van der Waals surface area contributed by atoms with Crippen LogP contribution < -0.4 is 9.47 Å². The number of likely N-dealkylation sites (N-methyl/N-ethyl adjacent to an activating group) is 1. The summed E-state index contributed by atoms with van der Waals surface area (Å²) in [6.07, 6.45) is 1.29. The molecule has 16 heteroatoms. The molecule has 300 valence electrons. The number of piperidine rings is 1. The van der Waals surface area contributed by atoms with Crippen molar-refractivity contribution in [1.82, 2.24) is 9.80 Å². The average molecular weight is 779 g/mol. The molecule has 8 rings (SSSR count). The van der Waals surface area contributed by atoms with E-state index in [-0.39, 0.29) is 17.7 Å². The van der Waals surface area contributed by atoms with Crippen LogP contribution in [0.25, 0.3) is 6.08 Å². The highest BCUT2D eigenvalue weighted by atomic mass is 16.7. The summed E-state index contributed by atoms with van der Waals surface area (Å²) in [7, 11) is 1.72. The Hall–Kier alpha value is -4.93. The van der Waals surface area contributed by atoms with Gasteiger partial charge in [-0.05, 0) is 74.8 Å². The molecule has 1 amide bonds. The predicted octanol–water partition coefficient (Wildman–Crippen LogP) is 2.37. The van der Waals surface area contributed by atoms with E-state index in [0.717, 1.165) is 44.0 Å². The predicted molar refractivity (Wildman–Crippen MR) is 191 cm³/mol. The first-order valence-electron chi connectivity index (χ1n) is 19.0. The zero-order valence-corrected chi connectivity index (χ0v) is 31.6. The van der Waals surface area contributed by atoms with Crippen molar-refractivity contribution in [2.75, 3.05) is 20.1 Å². The molecule has 2 N–H and O–H groups in total. The molecule has 6 aliphatic rings. The van der Waals surface area contributed by atoms with E-state index in [9.17, 15) is 34.2 Å². The van der Waals surface area contributed by atoms with Gasteiger partial charge < -0.3 is 48.0 Å². The second kappa shape index (κ2) is 14.2. The number of carboxylic acid groups (broad SMARTS) is 1. The van der Waals surface area contributed by atoms with Crippen molar-refractivity contribution in [2.45, 2.75) is 119 Å². The molecule has 3 aliphatic carbocycles. The Labute approximate surface area is 322 Å². The van der Waals surface area contributed by atoms with Crippen molar-refractivity contribution in [3.8, 4) is 11.5 Å². The van der Waals surface area contributed by atoms with Gasteiger partial charge in [0, 0.05) is 57.6 Å². The number of benzene rings is 1. The van der Waals surface area contributed by atoms with E-state index in [0.29, 0.717) is 43.9 Å². The highest BCUT2D eigenvalue weighted by Gasteiger charge is 2.73. The van der Waals surface area contributed by atoms with Crippen LogP contribution in [0.2, 0.25) is 0 Å². The molecule has 10 atom stereocenters. The second-order valence-electron chi connectivity index (χ2n) is 15.8. The van der Waals surface area contributed by atoms with Crippen LogP contribution in [0.15, 0.2) is 41.2 Å². The van der Waals surface area contributed by atoms with Crippen LogP contribution in [0.4, 0.5) is 0 Å². The minimum absolute atomic E-state index is 0.0973. The molecule has 2 saturated heterocycles. The molecule has 4 fully saturated rings. The van der Waals surface area contributed by atoms with Crippen LogP contribution in [-0.4, -0.2) is 124 Å². The van der Waals surface area contributed by atoms with Gasteiger partial charge in [0.2, 0.25) is 18.3 Å². The third-order valence-electron chi connectivity index (χ3n) is 12.4. The number of esters is 3. The lowest BCUT2D eigenvalue weighted by Crippen LogP contribution is -2.78. The smallest absolute Gasteiger partial charge is 0.337 e. The van der Waals surface area contributed by atoms with Gasteiger partial charge in [-0.2, -0.15) is 0 Å². The van der Waals surface area contributed by atoms with E-state index < -0.39 is 77.7 Å². The lowest BCUT2D eigenvalue weighted by molar-refractivity contribution is -0.282. The molecule has 1 aromatic carbocycles. The molecule has 1 spiro atoms. The summed E-state index contributed by atoms with van der Waals surface area (Å²) in [4.78, 5) is 67.2. The van der Waals surface area contributed by atoms with E-state index in [1.54, 1.807) is 30.2 Å². The Morgan fingerprint density at radius 2 is 1.68 bits per heavy atom. The number of ether oxygens (including phenoxy) is 6. The molecule has 3 aliphatic heterocycles. The Bertz CT molecular complexity index is 1940. The summed E-state index contributed by atoms with van der Waals surface area (Å²) in [6, 6.07) is 4.64. The minimum atomic E-state index is -1.89. The van der Waals surface area contributed by atoms with Gasteiger partial charge in [-0.25, -0.2) is 4.79 Å². The lowest BCUT2D eigenvalue weighted by atomic mass is 9.48. The highest BCUT2D eigenvalue weighted by Crippen LogP contribution is 2.66. The molecule has 16 nitrogen and oxygen atoms in total. The fraction of sp³-hybridized carbons (Fsp3) is 0.575. The molecule has 4 heterocycles. The summed E-state index contributed by atoms with van der Waals surface area (Å²) in [5, 5.41) is 23.3. The Morgan fingerprint density at radius 1 is 0.964 bits per heavy atom. The number of amides is 1. The number of hydrogen-bond acceptors (Lipinski definition) is 14. The van der Waals surface area contributed by atoms with Crippen molar-refractivity contribution in [3.63, 3.8) is 0 Å². The maximum Gasteiger partial charge on any atom is 0.337 e. The average Bonchev–Trinajstić information content (AvgIpc) is 3.65. The lowest BCUT2D eigenvalue weighted by Gasteiger charge is -2.64. The van der Waals surface area contributed by atoms with E-state index in [1.807, 2.05) is 6.07 Å². The minimum Gasteiger partial charge on any atom is -0.483 e. The number of furan rings is 1. The monoisotopic (exact) mass is 778 g/mol. The highest BCUT2D eigenvalue weighted by molar-refractivity contribution is 5.92. The summed E-state index contributed by atoms with van der Waals surface area (Å²) < 4.78 is 40.7. The van der Waals surface area contributed by atoms with E-state index in [1.165, 1.54) is 31.4 Å². The summed E-state index contributed by atoms with van der Waals surface area (Å²) in [6.45, 7) is 4.84. The van der Waals surface area contributed by atoms with Gasteiger partial charge in [0.1, 0.15) is 6.10 Å².